The van der Waals surface area contributed by atoms with Gasteiger partial charge in [-0.25, -0.2) is 0 Å². The summed E-state index contributed by atoms with van der Waals surface area (Å²) in [6, 6.07) is 17.7. The Kier molecular flexibility index (Phi) is 4.72. The number of aromatic nitrogens is 1. The number of nitro groups is 1. The van der Waals surface area contributed by atoms with Crippen molar-refractivity contribution in [3.8, 4) is 17.5 Å². The molecule has 0 saturated carbocycles. The van der Waals surface area contributed by atoms with E-state index in [2.05, 4.69) is 10.3 Å². The normalized spacial score (nSPS) is 10.2. The molecule has 3 rings (SSSR count). The summed E-state index contributed by atoms with van der Waals surface area (Å²) in [5, 5.41) is 23.0. The van der Waals surface area contributed by atoms with Crippen LogP contribution in [-0.4, -0.2) is 16.5 Å². The maximum atomic E-state index is 10.7. The fourth-order valence-electron chi connectivity index (χ4n) is 2.33. The standard InChI is InChI=1S/C18H14N4O3/c19-12-16-18(20-11-10-13-4-2-1-3-5-13)25-17(21-16)14-6-8-15(9-7-14)22(23)24/h1-9,20H,10-11H2. The van der Waals surface area contributed by atoms with Crippen LogP contribution < -0.4 is 5.32 Å². The molecular weight excluding hydrogens is 320 g/mol. The van der Waals surface area contributed by atoms with Crippen LogP contribution in [0.4, 0.5) is 11.6 Å². The molecule has 1 heterocycles. The lowest BCUT2D eigenvalue weighted by molar-refractivity contribution is -0.384. The van der Waals surface area contributed by atoms with E-state index in [9.17, 15) is 15.4 Å². The molecule has 0 aliphatic rings. The number of benzene rings is 2. The first-order valence-corrected chi connectivity index (χ1v) is 7.61. The molecule has 124 valence electrons. The smallest absolute Gasteiger partial charge is 0.269 e. The van der Waals surface area contributed by atoms with E-state index in [1.807, 2.05) is 36.4 Å². The second-order valence-electron chi connectivity index (χ2n) is 5.27. The molecule has 1 N–H and O–H groups in total. The zero-order valence-corrected chi connectivity index (χ0v) is 13.2. The number of nitriles is 1. The molecule has 3 aromatic rings. The van der Waals surface area contributed by atoms with Gasteiger partial charge in [0.2, 0.25) is 17.5 Å². The van der Waals surface area contributed by atoms with E-state index in [1.54, 1.807) is 12.1 Å². The molecule has 0 spiro atoms. The third-order valence-electron chi connectivity index (χ3n) is 3.60. The Morgan fingerprint density at radius 1 is 1.16 bits per heavy atom. The first-order chi connectivity index (χ1) is 12.2. The van der Waals surface area contributed by atoms with Crippen molar-refractivity contribution in [1.29, 1.82) is 5.26 Å². The van der Waals surface area contributed by atoms with E-state index < -0.39 is 4.92 Å². The summed E-state index contributed by atoms with van der Waals surface area (Å²) in [5.74, 6) is 0.542. The van der Waals surface area contributed by atoms with Crippen molar-refractivity contribution in [2.75, 3.05) is 11.9 Å². The number of rotatable bonds is 6. The maximum absolute atomic E-state index is 10.7. The minimum Gasteiger partial charge on any atom is -0.419 e. The Morgan fingerprint density at radius 3 is 2.52 bits per heavy atom. The summed E-state index contributed by atoms with van der Waals surface area (Å²) in [6.45, 7) is 0.591. The molecule has 0 radical (unpaired) electrons. The first kappa shape index (κ1) is 16.2. The molecule has 0 bridgehead atoms. The quantitative estimate of drug-likeness (QED) is 0.543. The topological polar surface area (TPSA) is 105 Å². The molecule has 0 aliphatic carbocycles. The molecular formula is C18H14N4O3. The highest BCUT2D eigenvalue weighted by Crippen LogP contribution is 2.26. The highest BCUT2D eigenvalue weighted by atomic mass is 16.6. The number of nitrogens with zero attached hydrogens (tertiary/aromatic N) is 3. The molecule has 25 heavy (non-hydrogen) atoms. The summed E-state index contributed by atoms with van der Waals surface area (Å²) >= 11 is 0. The molecule has 0 saturated heterocycles. The van der Waals surface area contributed by atoms with Gasteiger partial charge >= 0.3 is 0 Å². The van der Waals surface area contributed by atoms with Crippen LogP contribution in [0.5, 0.6) is 0 Å². The summed E-state index contributed by atoms with van der Waals surface area (Å²) in [7, 11) is 0. The predicted octanol–water partition coefficient (Wildman–Crippen LogP) is 3.78. The average molecular weight is 334 g/mol. The molecule has 1 aromatic heterocycles. The minimum atomic E-state index is -0.476. The molecule has 0 amide bonds. The number of nitro benzene ring substituents is 1. The second kappa shape index (κ2) is 7.27. The molecule has 7 heteroatoms. The number of oxazole rings is 1. The van der Waals surface area contributed by atoms with Crippen molar-refractivity contribution in [1.82, 2.24) is 4.98 Å². The highest BCUT2D eigenvalue weighted by molar-refractivity contribution is 5.60. The van der Waals surface area contributed by atoms with Gasteiger partial charge in [-0.3, -0.25) is 10.1 Å². The molecule has 0 aliphatic heterocycles. The van der Waals surface area contributed by atoms with E-state index in [-0.39, 0.29) is 17.3 Å². The van der Waals surface area contributed by atoms with Gasteiger partial charge in [0.25, 0.3) is 5.69 Å². The van der Waals surface area contributed by atoms with Crippen molar-refractivity contribution in [3.63, 3.8) is 0 Å². The fraction of sp³-hybridized carbons (Fsp3) is 0.111. The van der Waals surface area contributed by atoms with E-state index in [4.69, 9.17) is 4.42 Å². The lowest BCUT2D eigenvalue weighted by Gasteiger charge is -2.03. The monoisotopic (exact) mass is 334 g/mol. The predicted molar refractivity (Wildman–Crippen MR) is 91.9 cm³/mol. The average Bonchev–Trinajstić information content (AvgIpc) is 3.06. The molecule has 2 aromatic carbocycles. The summed E-state index contributed by atoms with van der Waals surface area (Å²) in [4.78, 5) is 14.4. The van der Waals surface area contributed by atoms with Gasteiger partial charge in [-0.15, -0.1) is 0 Å². The van der Waals surface area contributed by atoms with Gasteiger partial charge in [-0.05, 0) is 24.1 Å². The first-order valence-electron chi connectivity index (χ1n) is 7.61. The summed E-state index contributed by atoms with van der Waals surface area (Å²) < 4.78 is 5.62. The summed E-state index contributed by atoms with van der Waals surface area (Å²) in [5.41, 5.74) is 1.88. The van der Waals surface area contributed by atoms with Crippen LogP contribution in [0.25, 0.3) is 11.5 Å². The van der Waals surface area contributed by atoms with Crippen LogP contribution in [0.2, 0.25) is 0 Å². The zero-order chi connectivity index (χ0) is 17.6. The Bertz CT molecular complexity index is 912. The third kappa shape index (κ3) is 3.82. The van der Waals surface area contributed by atoms with Crippen molar-refractivity contribution in [2.24, 2.45) is 0 Å². The number of hydrogen-bond donors (Lipinski definition) is 1. The van der Waals surface area contributed by atoms with Gasteiger partial charge in [0.1, 0.15) is 6.07 Å². The van der Waals surface area contributed by atoms with Crippen LogP contribution in [0.15, 0.2) is 59.0 Å². The van der Waals surface area contributed by atoms with Crippen molar-refractivity contribution >= 4 is 11.6 Å². The van der Waals surface area contributed by atoms with Crippen molar-refractivity contribution in [2.45, 2.75) is 6.42 Å². The van der Waals surface area contributed by atoms with Gasteiger partial charge in [0.15, 0.2) is 0 Å². The number of non-ortho nitro benzene ring substituents is 1. The van der Waals surface area contributed by atoms with Crippen molar-refractivity contribution < 1.29 is 9.34 Å². The lowest BCUT2D eigenvalue weighted by Crippen LogP contribution is -2.05. The van der Waals surface area contributed by atoms with E-state index >= 15 is 0 Å². The fourth-order valence-corrected chi connectivity index (χ4v) is 2.33. The maximum Gasteiger partial charge on any atom is 0.269 e. The van der Waals surface area contributed by atoms with Crippen LogP contribution in [0, 0.1) is 21.4 Å². The van der Waals surface area contributed by atoms with Crippen molar-refractivity contribution in [3.05, 3.63) is 76.0 Å². The van der Waals surface area contributed by atoms with Gasteiger partial charge in [-0.2, -0.15) is 10.2 Å². The lowest BCUT2D eigenvalue weighted by atomic mass is 10.1. The van der Waals surface area contributed by atoms with Crippen LogP contribution in [0.3, 0.4) is 0 Å². The molecule has 0 fully saturated rings. The third-order valence-corrected chi connectivity index (χ3v) is 3.60. The van der Waals surface area contributed by atoms with E-state index in [0.717, 1.165) is 6.42 Å². The van der Waals surface area contributed by atoms with Gasteiger partial charge < -0.3 is 9.73 Å². The highest BCUT2D eigenvalue weighted by Gasteiger charge is 2.15. The zero-order valence-electron chi connectivity index (χ0n) is 13.2. The molecule has 0 unspecified atom stereocenters. The van der Waals surface area contributed by atoms with Crippen LogP contribution >= 0.6 is 0 Å². The van der Waals surface area contributed by atoms with E-state index in [0.29, 0.717) is 18.0 Å². The van der Waals surface area contributed by atoms with E-state index in [1.165, 1.54) is 17.7 Å². The van der Waals surface area contributed by atoms with Crippen LogP contribution in [0.1, 0.15) is 11.3 Å². The number of anilines is 1. The summed E-state index contributed by atoms with van der Waals surface area (Å²) in [6.07, 6.45) is 0.777. The Labute approximate surface area is 143 Å². The Morgan fingerprint density at radius 2 is 1.88 bits per heavy atom. The minimum absolute atomic E-state index is 0.0166. The van der Waals surface area contributed by atoms with Gasteiger partial charge in [0, 0.05) is 24.2 Å². The molecule has 7 nitrogen and oxygen atoms in total. The SMILES string of the molecule is N#Cc1nc(-c2ccc([N+](=O)[O-])cc2)oc1NCCc1ccccc1. The second-order valence-corrected chi connectivity index (χ2v) is 5.27. The largest absolute Gasteiger partial charge is 0.419 e. The number of hydrogen-bond acceptors (Lipinski definition) is 6. The number of nitrogens with one attached hydrogen (secondary N) is 1. The van der Waals surface area contributed by atoms with Gasteiger partial charge in [-0.1, -0.05) is 30.3 Å². The Balaban J connectivity index is 1.73. The molecule has 0 atom stereocenters. The van der Waals surface area contributed by atoms with Crippen LogP contribution in [-0.2, 0) is 6.42 Å². The Hall–Kier alpha value is -3.66. The van der Waals surface area contributed by atoms with Gasteiger partial charge in [0.05, 0.1) is 4.92 Å².